The van der Waals surface area contributed by atoms with Gasteiger partial charge in [-0.2, -0.15) is 0 Å². The van der Waals surface area contributed by atoms with Crippen LogP contribution < -0.4 is 4.74 Å². The minimum Gasteiger partial charge on any atom is -0.496 e. The van der Waals surface area contributed by atoms with E-state index in [9.17, 15) is 9.90 Å². The maximum absolute atomic E-state index is 12.4. The Balaban J connectivity index is 3.04. The summed E-state index contributed by atoms with van der Waals surface area (Å²) in [7, 11) is 1.49. The van der Waals surface area contributed by atoms with Gasteiger partial charge in [-0.15, -0.1) is 0 Å². The molecule has 0 spiro atoms. The molecule has 1 aromatic carbocycles. The molecule has 0 radical (unpaired) electrons. The molecule has 0 aliphatic heterocycles. The smallest absolute Gasteiger partial charge is 0.257 e. The molecule has 0 saturated heterocycles. The molecular formula is C14H20ClNO3. The summed E-state index contributed by atoms with van der Waals surface area (Å²) in [6.45, 7) is 5.97. The third kappa shape index (κ3) is 4.40. The van der Waals surface area contributed by atoms with E-state index in [1.807, 2.05) is 6.92 Å². The molecule has 1 aromatic rings. The average Bonchev–Trinajstić information content (AvgIpc) is 2.33. The van der Waals surface area contributed by atoms with Crippen LogP contribution in [0.2, 0.25) is 5.02 Å². The molecule has 0 aromatic heterocycles. The van der Waals surface area contributed by atoms with Crippen molar-refractivity contribution in [3.8, 4) is 5.75 Å². The molecule has 1 amide bonds. The Morgan fingerprint density at radius 1 is 1.47 bits per heavy atom. The number of benzene rings is 1. The van der Waals surface area contributed by atoms with Crippen LogP contribution in [0.15, 0.2) is 18.2 Å². The van der Waals surface area contributed by atoms with Gasteiger partial charge in [0.15, 0.2) is 0 Å². The first-order valence-corrected chi connectivity index (χ1v) is 6.51. The Morgan fingerprint density at radius 3 is 2.58 bits per heavy atom. The highest BCUT2D eigenvalue weighted by Gasteiger charge is 2.24. The molecule has 0 bridgehead atoms. The number of aliphatic hydroxyl groups is 1. The van der Waals surface area contributed by atoms with Crippen LogP contribution in [0.4, 0.5) is 0 Å². The molecule has 0 fully saturated rings. The first-order valence-electron chi connectivity index (χ1n) is 6.13. The van der Waals surface area contributed by atoms with Gasteiger partial charge in [0.2, 0.25) is 0 Å². The standard InChI is InChI=1S/C14H20ClNO3/c1-5-16(9-14(2,3)18)13(17)11-7-6-10(15)8-12(11)19-4/h6-8,18H,5,9H2,1-4H3. The highest BCUT2D eigenvalue weighted by Crippen LogP contribution is 2.24. The number of hydrogen-bond donors (Lipinski definition) is 1. The summed E-state index contributed by atoms with van der Waals surface area (Å²) < 4.78 is 5.18. The second-order valence-corrected chi connectivity index (χ2v) is 5.41. The van der Waals surface area contributed by atoms with Gasteiger partial charge in [0.05, 0.1) is 18.3 Å². The van der Waals surface area contributed by atoms with E-state index in [1.165, 1.54) is 7.11 Å². The zero-order valence-electron chi connectivity index (χ0n) is 11.7. The van der Waals surface area contributed by atoms with Crippen LogP contribution in [0.1, 0.15) is 31.1 Å². The fraction of sp³-hybridized carbons (Fsp3) is 0.500. The number of carbonyl (C=O) groups excluding carboxylic acids is 1. The third-order valence-electron chi connectivity index (χ3n) is 2.64. The normalized spacial score (nSPS) is 11.3. The number of carbonyl (C=O) groups is 1. The van der Waals surface area contributed by atoms with E-state index in [1.54, 1.807) is 36.9 Å². The molecule has 4 nitrogen and oxygen atoms in total. The lowest BCUT2D eigenvalue weighted by molar-refractivity contribution is 0.0313. The molecule has 0 heterocycles. The highest BCUT2D eigenvalue weighted by molar-refractivity contribution is 6.30. The summed E-state index contributed by atoms with van der Waals surface area (Å²) >= 11 is 5.88. The first-order chi connectivity index (χ1) is 8.78. The second-order valence-electron chi connectivity index (χ2n) is 4.98. The van der Waals surface area contributed by atoms with Crippen LogP contribution >= 0.6 is 11.6 Å². The number of amides is 1. The zero-order valence-corrected chi connectivity index (χ0v) is 12.5. The Bertz CT molecular complexity index is 454. The van der Waals surface area contributed by atoms with Gasteiger partial charge in [-0.1, -0.05) is 11.6 Å². The Hall–Kier alpha value is -1.26. The van der Waals surface area contributed by atoms with Gasteiger partial charge in [0, 0.05) is 18.1 Å². The molecular weight excluding hydrogens is 266 g/mol. The van der Waals surface area contributed by atoms with Crippen molar-refractivity contribution in [2.45, 2.75) is 26.4 Å². The van der Waals surface area contributed by atoms with E-state index < -0.39 is 5.60 Å². The first kappa shape index (κ1) is 15.8. The van der Waals surface area contributed by atoms with E-state index in [2.05, 4.69) is 0 Å². The third-order valence-corrected chi connectivity index (χ3v) is 2.88. The quantitative estimate of drug-likeness (QED) is 0.905. The molecule has 5 heteroatoms. The molecule has 19 heavy (non-hydrogen) atoms. The second kappa shape index (κ2) is 6.26. The van der Waals surface area contributed by atoms with E-state index in [4.69, 9.17) is 16.3 Å². The topological polar surface area (TPSA) is 49.8 Å². The number of likely N-dealkylation sites (N-methyl/N-ethyl adjacent to an activating group) is 1. The summed E-state index contributed by atoms with van der Waals surface area (Å²) in [4.78, 5) is 14.0. The number of rotatable bonds is 5. The van der Waals surface area contributed by atoms with Crippen molar-refractivity contribution in [2.24, 2.45) is 0 Å². The van der Waals surface area contributed by atoms with Gasteiger partial charge in [-0.3, -0.25) is 4.79 Å². The number of ether oxygens (including phenoxy) is 1. The maximum atomic E-state index is 12.4. The minimum absolute atomic E-state index is 0.182. The predicted octanol–water partition coefficient (Wildman–Crippen LogP) is 2.58. The van der Waals surface area contributed by atoms with Crippen molar-refractivity contribution in [2.75, 3.05) is 20.2 Å². The van der Waals surface area contributed by atoms with Crippen LogP contribution in [0.25, 0.3) is 0 Å². The monoisotopic (exact) mass is 285 g/mol. The van der Waals surface area contributed by atoms with Gasteiger partial charge >= 0.3 is 0 Å². The molecule has 1 rings (SSSR count). The molecule has 1 N–H and O–H groups in total. The Morgan fingerprint density at radius 2 is 2.11 bits per heavy atom. The van der Waals surface area contributed by atoms with Gasteiger partial charge in [-0.05, 0) is 39.0 Å². The summed E-state index contributed by atoms with van der Waals surface area (Å²) in [6.07, 6.45) is 0. The van der Waals surface area contributed by atoms with E-state index in [-0.39, 0.29) is 12.5 Å². The number of nitrogens with zero attached hydrogens (tertiary/aromatic N) is 1. The molecule has 0 aliphatic rings. The number of hydrogen-bond acceptors (Lipinski definition) is 3. The van der Waals surface area contributed by atoms with Crippen molar-refractivity contribution in [3.05, 3.63) is 28.8 Å². The molecule has 0 unspecified atom stereocenters. The van der Waals surface area contributed by atoms with Gasteiger partial charge in [0.25, 0.3) is 5.91 Å². The Kier molecular flexibility index (Phi) is 5.20. The zero-order chi connectivity index (χ0) is 14.6. The maximum Gasteiger partial charge on any atom is 0.257 e. The fourth-order valence-corrected chi connectivity index (χ4v) is 1.97. The van der Waals surface area contributed by atoms with Gasteiger partial charge in [-0.25, -0.2) is 0 Å². The summed E-state index contributed by atoms with van der Waals surface area (Å²) in [5.41, 5.74) is -0.497. The lowest BCUT2D eigenvalue weighted by Gasteiger charge is -2.28. The summed E-state index contributed by atoms with van der Waals surface area (Å²) in [6, 6.07) is 4.89. The predicted molar refractivity (Wildman–Crippen MR) is 75.9 cm³/mol. The summed E-state index contributed by atoms with van der Waals surface area (Å²) in [5, 5.41) is 10.4. The lowest BCUT2D eigenvalue weighted by atomic mass is 10.1. The fourth-order valence-electron chi connectivity index (χ4n) is 1.81. The van der Waals surface area contributed by atoms with Gasteiger partial charge < -0.3 is 14.7 Å². The van der Waals surface area contributed by atoms with Crippen LogP contribution in [-0.2, 0) is 0 Å². The largest absolute Gasteiger partial charge is 0.496 e. The molecule has 0 aliphatic carbocycles. The van der Waals surface area contributed by atoms with E-state index in [0.717, 1.165) is 0 Å². The molecule has 0 atom stereocenters. The molecule has 0 saturated carbocycles. The minimum atomic E-state index is -0.939. The van der Waals surface area contributed by atoms with Crippen LogP contribution in [0, 0.1) is 0 Å². The van der Waals surface area contributed by atoms with E-state index >= 15 is 0 Å². The van der Waals surface area contributed by atoms with Gasteiger partial charge in [0.1, 0.15) is 5.75 Å². The highest BCUT2D eigenvalue weighted by atomic mass is 35.5. The van der Waals surface area contributed by atoms with Crippen molar-refractivity contribution in [1.29, 1.82) is 0 Å². The van der Waals surface area contributed by atoms with Crippen molar-refractivity contribution >= 4 is 17.5 Å². The molecule has 106 valence electrons. The van der Waals surface area contributed by atoms with Crippen LogP contribution in [0.3, 0.4) is 0 Å². The number of halogens is 1. The number of methoxy groups -OCH3 is 1. The van der Waals surface area contributed by atoms with Crippen LogP contribution in [-0.4, -0.2) is 41.7 Å². The SMILES string of the molecule is CCN(CC(C)(C)O)C(=O)c1ccc(Cl)cc1OC. The summed E-state index contributed by atoms with van der Waals surface area (Å²) in [5.74, 6) is 0.254. The lowest BCUT2D eigenvalue weighted by Crippen LogP contribution is -2.42. The van der Waals surface area contributed by atoms with Crippen molar-refractivity contribution in [1.82, 2.24) is 4.90 Å². The van der Waals surface area contributed by atoms with Crippen LogP contribution in [0.5, 0.6) is 5.75 Å². The van der Waals surface area contributed by atoms with E-state index in [0.29, 0.717) is 22.9 Å². The average molecular weight is 286 g/mol. The van der Waals surface area contributed by atoms with Crippen molar-refractivity contribution < 1.29 is 14.6 Å². The van der Waals surface area contributed by atoms with Crippen molar-refractivity contribution in [3.63, 3.8) is 0 Å². The Labute approximate surface area is 118 Å².